The zero-order valence-corrected chi connectivity index (χ0v) is 37.2. The standard InChI is InChI=1S/C58H56N2/c1-35-14-12-13-15-52(35)59(55-34-43(58(9,10)11)19-16-36(55)2)44-22-17-37-28-46-48(30-39(37)26-44)47-29-38-18-23-45(27-40(38)31-49(46)47)60-53-24-20-41(56(3,4)5)32-50(53)51-33-42(57(6,7)8)21-25-54(51)60/h12-34H,1-11H3. The van der Waals surface area contributed by atoms with Crippen LogP contribution in [0.2, 0.25) is 0 Å². The van der Waals surface area contributed by atoms with E-state index < -0.39 is 0 Å². The van der Waals surface area contributed by atoms with Crippen molar-refractivity contribution in [1.82, 2.24) is 4.57 Å². The molecule has 1 heterocycles. The molecule has 0 N–H and O–H groups in total. The Morgan fingerprint density at radius 1 is 0.383 bits per heavy atom. The van der Waals surface area contributed by atoms with E-state index in [0.29, 0.717) is 0 Å². The number of benzene rings is 8. The van der Waals surface area contributed by atoms with Crippen molar-refractivity contribution < 1.29 is 0 Å². The molecule has 8 aromatic carbocycles. The van der Waals surface area contributed by atoms with Gasteiger partial charge in [0.05, 0.1) is 11.0 Å². The van der Waals surface area contributed by atoms with Crippen LogP contribution >= 0.6 is 0 Å². The van der Waals surface area contributed by atoms with Crippen molar-refractivity contribution in [2.45, 2.75) is 92.4 Å². The Hall–Kier alpha value is -6.12. The second kappa shape index (κ2) is 13.2. The van der Waals surface area contributed by atoms with Gasteiger partial charge in [-0.05, 0) is 187 Å². The van der Waals surface area contributed by atoms with Crippen molar-refractivity contribution in [3.05, 3.63) is 167 Å². The first-order valence-electron chi connectivity index (χ1n) is 21.7. The Morgan fingerprint density at radius 2 is 0.850 bits per heavy atom. The fourth-order valence-electron chi connectivity index (χ4n) is 9.45. The quantitative estimate of drug-likeness (QED) is 0.173. The highest BCUT2D eigenvalue weighted by molar-refractivity contribution is 6.13. The number of nitrogens with zero attached hydrogens (tertiary/aromatic N) is 2. The Balaban J connectivity index is 1.07. The van der Waals surface area contributed by atoms with Crippen molar-refractivity contribution in [2.24, 2.45) is 0 Å². The number of fused-ring (bicyclic) bond motifs is 9. The van der Waals surface area contributed by atoms with Crippen LogP contribution in [0.1, 0.15) is 90.1 Å². The van der Waals surface area contributed by atoms with Gasteiger partial charge < -0.3 is 9.47 Å². The van der Waals surface area contributed by atoms with Crippen LogP contribution in [0.4, 0.5) is 17.1 Å². The number of hydrogen-bond acceptors (Lipinski definition) is 1. The van der Waals surface area contributed by atoms with Crippen LogP contribution in [0.25, 0.3) is 71.3 Å². The van der Waals surface area contributed by atoms with Crippen molar-refractivity contribution in [3.8, 4) is 27.9 Å². The predicted molar refractivity (Wildman–Crippen MR) is 260 cm³/mol. The smallest absolute Gasteiger partial charge is 0.0541 e. The van der Waals surface area contributed by atoms with E-state index >= 15 is 0 Å². The summed E-state index contributed by atoms with van der Waals surface area (Å²) in [7, 11) is 0. The van der Waals surface area contributed by atoms with E-state index in [-0.39, 0.29) is 16.2 Å². The van der Waals surface area contributed by atoms with Gasteiger partial charge in [-0.2, -0.15) is 0 Å². The largest absolute Gasteiger partial charge is 0.310 e. The van der Waals surface area contributed by atoms with E-state index in [2.05, 4.69) is 225 Å². The molecule has 1 aliphatic carbocycles. The lowest BCUT2D eigenvalue weighted by molar-refractivity contribution is 0.590. The van der Waals surface area contributed by atoms with Crippen LogP contribution in [0, 0.1) is 13.8 Å². The second-order valence-corrected chi connectivity index (χ2v) is 20.5. The topological polar surface area (TPSA) is 8.17 Å². The van der Waals surface area contributed by atoms with E-state index in [4.69, 9.17) is 0 Å². The molecule has 0 saturated carbocycles. The van der Waals surface area contributed by atoms with Crippen LogP contribution in [0.5, 0.6) is 0 Å². The number of aryl methyl sites for hydroxylation is 2. The molecule has 0 amide bonds. The van der Waals surface area contributed by atoms with Gasteiger partial charge in [-0.15, -0.1) is 0 Å². The molecule has 0 bridgehead atoms. The van der Waals surface area contributed by atoms with Crippen LogP contribution in [0.15, 0.2) is 140 Å². The van der Waals surface area contributed by atoms with Crippen molar-refractivity contribution >= 4 is 60.4 Å². The monoisotopic (exact) mass is 780 g/mol. The first kappa shape index (κ1) is 38.1. The molecule has 0 spiro atoms. The summed E-state index contributed by atoms with van der Waals surface area (Å²) in [4.78, 5) is 2.46. The Kier molecular flexibility index (Phi) is 8.38. The lowest BCUT2D eigenvalue weighted by Crippen LogP contribution is -2.16. The molecular formula is C58H56N2. The molecule has 0 radical (unpaired) electrons. The molecule has 60 heavy (non-hydrogen) atoms. The van der Waals surface area contributed by atoms with E-state index in [9.17, 15) is 0 Å². The van der Waals surface area contributed by atoms with Crippen LogP contribution < -0.4 is 4.90 Å². The third kappa shape index (κ3) is 6.14. The number of anilines is 3. The molecule has 1 aliphatic rings. The molecule has 0 atom stereocenters. The van der Waals surface area contributed by atoms with E-state index in [1.807, 2.05) is 0 Å². The molecule has 2 nitrogen and oxygen atoms in total. The summed E-state index contributed by atoms with van der Waals surface area (Å²) in [6, 6.07) is 53.6. The highest BCUT2D eigenvalue weighted by Crippen LogP contribution is 2.51. The van der Waals surface area contributed by atoms with E-state index in [1.165, 1.54) is 116 Å². The third-order valence-corrected chi connectivity index (χ3v) is 13.2. The van der Waals surface area contributed by atoms with Gasteiger partial charge in [0.2, 0.25) is 0 Å². The van der Waals surface area contributed by atoms with Crippen LogP contribution in [-0.2, 0) is 16.2 Å². The summed E-state index contributed by atoms with van der Waals surface area (Å²) in [6.07, 6.45) is 0. The normalized spacial score (nSPS) is 12.9. The van der Waals surface area contributed by atoms with Gasteiger partial charge in [-0.3, -0.25) is 0 Å². The number of hydrogen-bond donors (Lipinski definition) is 0. The minimum Gasteiger partial charge on any atom is -0.310 e. The molecule has 298 valence electrons. The van der Waals surface area contributed by atoms with Crippen LogP contribution in [0.3, 0.4) is 0 Å². The zero-order valence-electron chi connectivity index (χ0n) is 37.2. The summed E-state index contributed by atoms with van der Waals surface area (Å²) in [5, 5.41) is 7.69. The maximum atomic E-state index is 2.47. The maximum absolute atomic E-state index is 2.47. The van der Waals surface area contributed by atoms with Gasteiger partial charge in [0.25, 0.3) is 0 Å². The molecular weight excluding hydrogens is 725 g/mol. The summed E-state index contributed by atoms with van der Waals surface area (Å²) in [6.45, 7) is 25.2. The maximum Gasteiger partial charge on any atom is 0.0541 e. The minimum atomic E-state index is 0.0443. The summed E-state index contributed by atoms with van der Waals surface area (Å²) in [5.41, 5.74) is 19.4. The average molecular weight is 781 g/mol. The van der Waals surface area contributed by atoms with E-state index in [1.54, 1.807) is 0 Å². The zero-order chi connectivity index (χ0) is 42.0. The van der Waals surface area contributed by atoms with E-state index in [0.717, 1.165) is 0 Å². The Morgan fingerprint density at radius 3 is 1.40 bits per heavy atom. The van der Waals surface area contributed by atoms with Gasteiger partial charge in [0.15, 0.2) is 0 Å². The van der Waals surface area contributed by atoms with Crippen LogP contribution in [-0.4, -0.2) is 4.57 Å². The van der Waals surface area contributed by atoms with Crippen molar-refractivity contribution in [3.63, 3.8) is 0 Å². The minimum absolute atomic E-state index is 0.0443. The summed E-state index contributed by atoms with van der Waals surface area (Å²) in [5.74, 6) is 0. The molecule has 1 aromatic heterocycles. The molecule has 0 saturated heterocycles. The highest BCUT2D eigenvalue weighted by Gasteiger charge is 2.26. The summed E-state index contributed by atoms with van der Waals surface area (Å²) >= 11 is 0. The molecule has 9 aromatic rings. The third-order valence-electron chi connectivity index (χ3n) is 13.2. The number of rotatable bonds is 4. The van der Waals surface area contributed by atoms with Gasteiger partial charge in [0.1, 0.15) is 0 Å². The first-order chi connectivity index (χ1) is 28.4. The number of para-hydroxylation sites is 1. The Labute approximate surface area is 356 Å². The SMILES string of the molecule is Cc1ccccc1N(c1ccc2cc3c(cc2c1)-c1cc2ccc(-n4c5ccc(C(C)(C)C)cc5c5cc(C(C)(C)C)ccc54)cc2cc1-3)c1cc(C(C)(C)C)ccc1C. The predicted octanol–water partition coefficient (Wildman–Crippen LogP) is 16.7. The lowest BCUT2D eigenvalue weighted by atomic mass is 9.78. The first-order valence-corrected chi connectivity index (χ1v) is 21.7. The van der Waals surface area contributed by atoms with Gasteiger partial charge in [-0.1, -0.05) is 117 Å². The van der Waals surface area contributed by atoms with Gasteiger partial charge >= 0.3 is 0 Å². The van der Waals surface area contributed by atoms with Gasteiger partial charge in [-0.25, -0.2) is 0 Å². The average Bonchev–Trinajstić information content (AvgIpc) is 3.53. The second-order valence-electron chi connectivity index (χ2n) is 20.5. The molecule has 0 aliphatic heterocycles. The van der Waals surface area contributed by atoms with Crippen molar-refractivity contribution in [1.29, 1.82) is 0 Å². The fourth-order valence-corrected chi connectivity index (χ4v) is 9.45. The molecule has 0 unspecified atom stereocenters. The molecule has 0 fully saturated rings. The lowest BCUT2D eigenvalue weighted by Gasteiger charge is -2.31. The summed E-state index contributed by atoms with van der Waals surface area (Å²) < 4.78 is 2.47. The number of aromatic nitrogens is 1. The van der Waals surface area contributed by atoms with Crippen molar-refractivity contribution in [2.75, 3.05) is 4.90 Å². The molecule has 2 heteroatoms. The highest BCUT2D eigenvalue weighted by atomic mass is 15.1. The van der Waals surface area contributed by atoms with Gasteiger partial charge in [0, 0.05) is 33.5 Å². The molecule has 10 rings (SSSR count). The Bertz CT molecular complexity index is 3150. The fraction of sp³-hybridized carbons (Fsp3) is 0.241.